The molecule has 4 heteroatoms. The number of halogens is 1. The van der Waals surface area contributed by atoms with Crippen molar-refractivity contribution in [2.75, 3.05) is 25.5 Å². The predicted octanol–water partition coefficient (Wildman–Crippen LogP) is 2.97. The van der Waals surface area contributed by atoms with Crippen molar-refractivity contribution < 1.29 is 0 Å². The van der Waals surface area contributed by atoms with E-state index in [1.165, 1.54) is 5.56 Å². The highest BCUT2D eigenvalue weighted by molar-refractivity contribution is 9.10. The molecule has 0 aromatic carbocycles. The number of allylic oxidation sites excluding steroid dienone is 1. The van der Waals surface area contributed by atoms with Crippen LogP contribution in [-0.2, 0) is 6.54 Å². The van der Waals surface area contributed by atoms with Crippen LogP contribution in [0.5, 0.6) is 0 Å². The second-order valence-electron chi connectivity index (χ2n) is 4.02. The third-order valence-electron chi connectivity index (χ3n) is 2.54. The van der Waals surface area contributed by atoms with E-state index in [0.717, 1.165) is 36.2 Å². The highest BCUT2D eigenvalue weighted by Gasteiger charge is 2.08. The standard InChI is InChI=1S/C13H20BrN3/c1-4-5-6-7-17(3)13-11(9-15-2)8-12(14)10-16-13/h4,8,10,15H,1,5-7,9H2,2-3H3. The van der Waals surface area contributed by atoms with Crippen molar-refractivity contribution in [3.05, 3.63) is 35.0 Å². The fourth-order valence-corrected chi connectivity index (χ4v) is 2.10. The summed E-state index contributed by atoms with van der Waals surface area (Å²) in [4.78, 5) is 6.69. The molecule has 0 atom stereocenters. The number of hydrogen-bond donors (Lipinski definition) is 1. The molecule has 0 saturated heterocycles. The molecule has 0 spiro atoms. The molecular formula is C13H20BrN3. The number of pyridine rings is 1. The number of aromatic nitrogens is 1. The van der Waals surface area contributed by atoms with Crippen LogP contribution in [0.2, 0.25) is 0 Å². The molecule has 1 N–H and O–H groups in total. The van der Waals surface area contributed by atoms with Gasteiger partial charge in [-0.1, -0.05) is 6.08 Å². The number of hydrogen-bond acceptors (Lipinski definition) is 3. The van der Waals surface area contributed by atoms with E-state index >= 15 is 0 Å². The maximum Gasteiger partial charge on any atom is 0.132 e. The van der Waals surface area contributed by atoms with Gasteiger partial charge in [0.15, 0.2) is 0 Å². The first kappa shape index (κ1) is 14.2. The summed E-state index contributed by atoms with van der Waals surface area (Å²) < 4.78 is 1.02. The SMILES string of the molecule is C=CCCCN(C)c1ncc(Br)cc1CNC. The Morgan fingerprint density at radius 2 is 2.35 bits per heavy atom. The summed E-state index contributed by atoms with van der Waals surface area (Å²) in [5, 5.41) is 3.17. The van der Waals surface area contributed by atoms with Crippen LogP contribution in [0.15, 0.2) is 29.4 Å². The van der Waals surface area contributed by atoms with Gasteiger partial charge >= 0.3 is 0 Å². The van der Waals surface area contributed by atoms with Crippen molar-refractivity contribution in [2.45, 2.75) is 19.4 Å². The van der Waals surface area contributed by atoms with Crippen molar-refractivity contribution in [3.8, 4) is 0 Å². The fourth-order valence-electron chi connectivity index (χ4n) is 1.72. The van der Waals surface area contributed by atoms with Gasteiger partial charge in [-0.3, -0.25) is 0 Å². The predicted molar refractivity (Wildman–Crippen MR) is 77.4 cm³/mol. The molecule has 0 fully saturated rings. The van der Waals surface area contributed by atoms with Crippen LogP contribution in [0.4, 0.5) is 5.82 Å². The van der Waals surface area contributed by atoms with Crippen molar-refractivity contribution in [2.24, 2.45) is 0 Å². The number of nitrogens with one attached hydrogen (secondary N) is 1. The Labute approximate surface area is 112 Å². The third-order valence-corrected chi connectivity index (χ3v) is 2.97. The van der Waals surface area contributed by atoms with E-state index in [-0.39, 0.29) is 0 Å². The molecule has 0 bridgehead atoms. The van der Waals surface area contributed by atoms with Crippen LogP contribution < -0.4 is 10.2 Å². The van der Waals surface area contributed by atoms with Crippen LogP contribution >= 0.6 is 15.9 Å². The van der Waals surface area contributed by atoms with Gasteiger partial charge in [0.25, 0.3) is 0 Å². The molecule has 17 heavy (non-hydrogen) atoms. The molecule has 1 aromatic rings. The molecule has 0 radical (unpaired) electrons. The Bertz CT molecular complexity index is 366. The quantitative estimate of drug-likeness (QED) is 0.619. The van der Waals surface area contributed by atoms with Crippen molar-refractivity contribution in [3.63, 3.8) is 0 Å². The van der Waals surface area contributed by atoms with Crippen molar-refractivity contribution >= 4 is 21.7 Å². The van der Waals surface area contributed by atoms with E-state index in [1.54, 1.807) is 0 Å². The molecule has 0 amide bonds. The lowest BCUT2D eigenvalue weighted by atomic mass is 10.2. The van der Waals surface area contributed by atoms with Gasteiger partial charge < -0.3 is 10.2 Å². The van der Waals surface area contributed by atoms with Gasteiger partial charge in [-0.25, -0.2) is 4.98 Å². The maximum absolute atomic E-state index is 4.49. The Balaban J connectivity index is 2.76. The van der Waals surface area contributed by atoms with Crippen molar-refractivity contribution in [1.82, 2.24) is 10.3 Å². The highest BCUT2D eigenvalue weighted by atomic mass is 79.9. The summed E-state index contributed by atoms with van der Waals surface area (Å²) in [6.07, 6.45) is 5.95. The lowest BCUT2D eigenvalue weighted by Crippen LogP contribution is -2.22. The summed E-state index contributed by atoms with van der Waals surface area (Å²) in [6.45, 7) is 5.56. The summed E-state index contributed by atoms with van der Waals surface area (Å²) >= 11 is 3.46. The van der Waals surface area contributed by atoms with Gasteiger partial charge in [0.1, 0.15) is 5.82 Å². The van der Waals surface area contributed by atoms with Crippen LogP contribution in [0, 0.1) is 0 Å². The first-order chi connectivity index (χ1) is 8.19. The Hall–Kier alpha value is -0.870. The molecule has 1 heterocycles. The first-order valence-corrected chi connectivity index (χ1v) is 6.59. The summed E-state index contributed by atoms with van der Waals surface area (Å²) in [5.74, 6) is 1.05. The van der Waals surface area contributed by atoms with E-state index in [0.29, 0.717) is 0 Å². The van der Waals surface area contributed by atoms with Gasteiger partial charge in [-0.2, -0.15) is 0 Å². The summed E-state index contributed by atoms with van der Waals surface area (Å²) in [5.41, 5.74) is 1.21. The molecule has 3 nitrogen and oxygen atoms in total. The van der Waals surface area contributed by atoms with E-state index in [4.69, 9.17) is 0 Å². The largest absolute Gasteiger partial charge is 0.359 e. The zero-order chi connectivity index (χ0) is 12.7. The molecule has 0 unspecified atom stereocenters. The zero-order valence-corrected chi connectivity index (χ0v) is 12.1. The minimum absolute atomic E-state index is 0.827. The number of rotatable bonds is 7. The Kier molecular flexibility index (Phi) is 6.22. The maximum atomic E-state index is 4.49. The van der Waals surface area contributed by atoms with Crippen molar-refractivity contribution in [1.29, 1.82) is 0 Å². The van der Waals surface area contributed by atoms with Crippen LogP contribution in [0.1, 0.15) is 18.4 Å². The number of unbranched alkanes of at least 4 members (excludes halogenated alkanes) is 1. The number of nitrogens with zero attached hydrogens (tertiary/aromatic N) is 2. The third kappa shape index (κ3) is 4.48. The normalized spacial score (nSPS) is 10.3. The summed E-state index contributed by atoms with van der Waals surface area (Å²) in [6, 6.07) is 2.11. The first-order valence-electron chi connectivity index (χ1n) is 5.80. The van der Waals surface area contributed by atoms with Gasteiger partial charge in [0.2, 0.25) is 0 Å². The molecule has 0 saturated carbocycles. The van der Waals surface area contributed by atoms with Gasteiger partial charge in [-0.05, 0) is 41.9 Å². The molecular weight excluding hydrogens is 278 g/mol. The molecule has 0 aliphatic carbocycles. The Morgan fingerprint density at radius 3 is 3.00 bits per heavy atom. The number of anilines is 1. The molecule has 94 valence electrons. The van der Waals surface area contributed by atoms with Crippen LogP contribution in [0.25, 0.3) is 0 Å². The highest BCUT2D eigenvalue weighted by Crippen LogP contribution is 2.21. The van der Waals surface area contributed by atoms with E-state index in [2.05, 4.69) is 50.8 Å². The minimum Gasteiger partial charge on any atom is -0.359 e. The smallest absolute Gasteiger partial charge is 0.132 e. The molecule has 0 aliphatic heterocycles. The monoisotopic (exact) mass is 297 g/mol. The fraction of sp³-hybridized carbons (Fsp3) is 0.462. The van der Waals surface area contributed by atoms with Crippen LogP contribution in [-0.4, -0.2) is 25.6 Å². The van der Waals surface area contributed by atoms with Gasteiger partial charge in [0.05, 0.1) is 0 Å². The van der Waals surface area contributed by atoms with E-state index in [1.807, 2.05) is 19.3 Å². The summed E-state index contributed by atoms with van der Waals surface area (Å²) in [7, 11) is 4.03. The average Bonchev–Trinajstić information content (AvgIpc) is 2.30. The molecule has 0 aliphatic rings. The van der Waals surface area contributed by atoms with Gasteiger partial charge in [0, 0.05) is 36.4 Å². The molecule has 1 aromatic heterocycles. The second-order valence-corrected chi connectivity index (χ2v) is 4.93. The van der Waals surface area contributed by atoms with E-state index < -0.39 is 0 Å². The lowest BCUT2D eigenvalue weighted by molar-refractivity contribution is 0.766. The second kappa shape index (κ2) is 7.45. The minimum atomic E-state index is 0.827. The molecule has 1 rings (SSSR count). The van der Waals surface area contributed by atoms with E-state index in [9.17, 15) is 0 Å². The lowest BCUT2D eigenvalue weighted by Gasteiger charge is -2.21. The van der Waals surface area contributed by atoms with Crippen LogP contribution in [0.3, 0.4) is 0 Å². The topological polar surface area (TPSA) is 28.2 Å². The van der Waals surface area contributed by atoms with Gasteiger partial charge in [-0.15, -0.1) is 6.58 Å². The Morgan fingerprint density at radius 1 is 1.59 bits per heavy atom. The zero-order valence-electron chi connectivity index (χ0n) is 10.5. The average molecular weight is 298 g/mol.